The highest BCUT2D eigenvalue weighted by Crippen LogP contribution is 2.16. The van der Waals surface area contributed by atoms with Crippen LogP contribution in [0.5, 0.6) is 5.75 Å². The van der Waals surface area contributed by atoms with E-state index in [0.29, 0.717) is 25.1 Å². The van der Waals surface area contributed by atoms with E-state index < -0.39 is 0 Å². The van der Waals surface area contributed by atoms with Crippen molar-refractivity contribution in [1.82, 2.24) is 10.2 Å². The van der Waals surface area contributed by atoms with Gasteiger partial charge in [-0.2, -0.15) is 0 Å². The number of nitrogens with zero attached hydrogens (tertiary/aromatic N) is 1. The monoisotopic (exact) mass is 338 g/mol. The maximum Gasteiger partial charge on any atom is 0.251 e. The van der Waals surface area contributed by atoms with Gasteiger partial charge in [-0.1, -0.05) is 24.3 Å². The fourth-order valence-electron chi connectivity index (χ4n) is 2.97. The molecule has 0 saturated carbocycles. The first kappa shape index (κ1) is 17.0. The number of nitrogens with one attached hydrogen (secondary N) is 1. The molecule has 5 heteroatoms. The Morgan fingerprint density at radius 3 is 2.72 bits per heavy atom. The van der Waals surface area contributed by atoms with Gasteiger partial charge in [0, 0.05) is 31.6 Å². The first-order valence-electron chi connectivity index (χ1n) is 8.43. The van der Waals surface area contributed by atoms with Gasteiger partial charge in [0.25, 0.3) is 5.91 Å². The number of carbonyl (C=O) groups is 2. The van der Waals surface area contributed by atoms with E-state index in [9.17, 15) is 9.59 Å². The van der Waals surface area contributed by atoms with Gasteiger partial charge in [0.15, 0.2) is 0 Å². The fourth-order valence-corrected chi connectivity index (χ4v) is 2.97. The Morgan fingerprint density at radius 1 is 1.16 bits per heavy atom. The molecule has 2 amide bonds. The van der Waals surface area contributed by atoms with Gasteiger partial charge < -0.3 is 15.0 Å². The Balaban J connectivity index is 1.61. The SMILES string of the molecule is COc1cccc(CNC(=O)c2cccc(CN3CCCC3=O)c2)c1. The topological polar surface area (TPSA) is 58.6 Å². The molecule has 130 valence electrons. The highest BCUT2D eigenvalue weighted by molar-refractivity contribution is 5.94. The van der Waals surface area contributed by atoms with E-state index in [1.54, 1.807) is 13.2 Å². The molecule has 3 rings (SSSR count). The lowest BCUT2D eigenvalue weighted by Crippen LogP contribution is -2.25. The summed E-state index contributed by atoms with van der Waals surface area (Å²) < 4.78 is 5.19. The smallest absolute Gasteiger partial charge is 0.251 e. The summed E-state index contributed by atoms with van der Waals surface area (Å²) in [6.07, 6.45) is 1.54. The summed E-state index contributed by atoms with van der Waals surface area (Å²) in [6.45, 7) is 1.80. The van der Waals surface area contributed by atoms with Crippen molar-refractivity contribution in [1.29, 1.82) is 0 Å². The molecule has 1 N–H and O–H groups in total. The molecule has 1 aliphatic heterocycles. The number of amides is 2. The first-order chi connectivity index (χ1) is 12.2. The highest BCUT2D eigenvalue weighted by atomic mass is 16.5. The highest BCUT2D eigenvalue weighted by Gasteiger charge is 2.20. The van der Waals surface area contributed by atoms with Crippen LogP contribution < -0.4 is 10.1 Å². The number of benzene rings is 2. The average molecular weight is 338 g/mol. The minimum atomic E-state index is -0.127. The molecule has 0 spiro atoms. The lowest BCUT2D eigenvalue weighted by atomic mass is 10.1. The Bertz CT molecular complexity index is 773. The van der Waals surface area contributed by atoms with E-state index in [-0.39, 0.29) is 11.8 Å². The van der Waals surface area contributed by atoms with Crippen molar-refractivity contribution >= 4 is 11.8 Å². The third-order valence-electron chi connectivity index (χ3n) is 4.32. The molecule has 1 saturated heterocycles. The van der Waals surface area contributed by atoms with Crippen molar-refractivity contribution in [3.05, 3.63) is 65.2 Å². The second-order valence-electron chi connectivity index (χ2n) is 6.15. The molecule has 0 unspecified atom stereocenters. The van der Waals surface area contributed by atoms with Crippen LogP contribution in [0.25, 0.3) is 0 Å². The van der Waals surface area contributed by atoms with Crippen LogP contribution in [0.1, 0.15) is 34.3 Å². The van der Waals surface area contributed by atoms with Gasteiger partial charge in [-0.3, -0.25) is 9.59 Å². The Hall–Kier alpha value is -2.82. The molecule has 0 aromatic heterocycles. The number of hydrogen-bond donors (Lipinski definition) is 1. The quantitative estimate of drug-likeness (QED) is 0.881. The molecule has 0 bridgehead atoms. The van der Waals surface area contributed by atoms with Crippen molar-refractivity contribution in [3.63, 3.8) is 0 Å². The zero-order valence-electron chi connectivity index (χ0n) is 14.3. The van der Waals surface area contributed by atoms with Crippen LogP contribution in [0, 0.1) is 0 Å². The second-order valence-corrected chi connectivity index (χ2v) is 6.15. The van der Waals surface area contributed by atoms with Crippen molar-refractivity contribution in [2.45, 2.75) is 25.9 Å². The maximum absolute atomic E-state index is 12.4. The molecular weight excluding hydrogens is 316 g/mol. The van der Waals surface area contributed by atoms with E-state index in [1.165, 1.54) is 0 Å². The molecule has 0 radical (unpaired) electrons. The van der Waals surface area contributed by atoms with Crippen LogP contribution in [-0.2, 0) is 17.9 Å². The predicted molar refractivity (Wildman–Crippen MR) is 95.3 cm³/mol. The second kappa shape index (κ2) is 7.83. The van der Waals surface area contributed by atoms with E-state index in [0.717, 1.165) is 29.8 Å². The van der Waals surface area contributed by atoms with Gasteiger partial charge >= 0.3 is 0 Å². The van der Waals surface area contributed by atoms with Crippen molar-refractivity contribution < 1.29 is 14.3 Å². The minimum absolute atomic E-state index is 0.127. The van der Waals surface area contributed by atoms with E-state index in [4.69, 9.17) is 4.74 Å². The van der Waals surface area contributed by atoms with Gasteiger partial charge in [-0.05, 0) is 41.8 Å². The van der Waals surface area contributed by atoms with Gasteiger partial charge in [-0.15, -0.1) is 0 Å². The standard InChI is InChI=1S/C20H22N2O3/c1-25-18-8-3-5-15(12-18)13-21-20(24)17-7-2-6-16(11-17)14-22-10-4-9-19(22)23/h2-3,5-8,11-12H,4,9-10,13-14H2,1H3,(H,21,24). The van der Waals surface area contributed by atoms with Crippen LogP contribution >= 0.6 is 0 Å². The lowest BCUT2D eigenvalue weighted by molar-refractivity contribution is -0.128. The van der Waals surface area contributed by atoms with Crippen LogP contribution in [0.2, 0.25) is 0 Å². The van der Waals surface area contributed by atoms with Crippen LogP contribution in [0.4, 0.5) is 0 Å². The number of hydrogen-bond acceptors (Lipinski definition) is 3. The van der Waals surface area contributed by atoms with Crippen molar-refractivity contribution in [2.24, 2.45) is 0 Å². The zero-order valence-corrected chi connectivity index (χ0v) is 14.3. The van der Waals surface area contributed by atoms with Crippen LogP contribution in [0.3, 0.4) is 0 Å². The summed E-state index contributed by atoms with van der Waals surface area (Å²) in [4.78, 5) is 26.0. The Labute approximate surface area is 147 Å². The Kier molecular flexibility index (Phi) is 5.33. The average Bonchev–Trinajstić information content (AvgIpc) is 3.05. The third-order valence-corrected chi connectivity index (χ3v) is 4.32. The van der Waals surface area contributed by atoms with Gasteiger partial charge in [0.05, 0.1) is 7.11 Å². The summed E-state index contributed by atoms with van der Waals surface area (Å²) in [5.41, 5.74) is 2.56. The summed E-state index contributed by atoms with van der Waals surface area (Å²) in [6, 6.07) is 15.1. The molecule has 0 atom stereocenters. The number of ether oxygens (including phenoxy) is 1. The van der Waals surface area contributed by atoms with E-state index in [2.05, 4.69) is 5.32 Å². The molecule has 1 fully saturated rings. The summed E-state index contributed by atoms with van der Waals surface area (Å²) in [7, 11) is 1.62. The number of methoxy groups -OCH3 is 1. The Morgan fingerprint density at radius 2 is 1.96 bits per heavy atom. The van der Waals surface area contributed by atoms with E-state index in [1.807, 2.05) is 47.4 Å². The first-order valence-corrected chi connectivity index (χ1v) is 8.43. The van der Waals surface area contributed by atoms with Gasteiger partial charge in [-0.25, -0.2) is 0 Å². The molecule has 25 heavy (non-hydrogen) atoms. The van der Waals surface area contributed by atoms with Gasteiger partial charge in [0.2, 0.25) is 5.91 Å². The molecule has 1 heterocycles. The number of carbonyl (C=O) groups excluding carboxylic acids is 2. The molecular formula is C20H22N2O3. The lowest BCUT2D eigenvalue weighted by Gasteiger charge is -2.16. The van der Waals surface area contributed by atoms with Gasteiger partial charge in [0.1, 0.15) is 5.75 Å². The fraction of sp³-hybridized carbons (Fsp3) is 0.300. The summed E-state index contributed by atoms with van der Waals surface area (Å²) >= 11 is 0. The minimum Gasteiger partial charge on any atom is -0.497 e. The van der Waals surface area contributed by atoms with Crippen molar-refractivity contribution in [3.8, 4) is 5.75 Å². The van der Waals surface area contributed by atoms with Crippen LogP contribution in [-0.4, -0.2) is 30.4 Å². The number of likely N-dealkylation sites (tertiary alicyclic amines) is 1. The summed E-state index contributed by atoms with van der Waals surface area (Å²) in [5.74, 6) is 0.828. The molecule has 1 aliphatic rings. The maximum atomic E-state index is 12.4. The molecule has 5 nitrogen and oxygen atoms in total. The van der Waals surface area contributed by atoms with Crippen LogP contribution in [0.15, 0.2) is 48.5 Å². The predicted octanol–water partition coefficient (Wildman–Crippen LogP) is 2.75. The normalized spacial score (nSPS) is 13.8. The van der Waals surface area contributed by atoms with E-state index >= 15 is 0 Å². The third kappa shape index (κ3) is 4.38. The zero-order chi connectivity index (χ0) is 17.6. The largest absolute Gasteiger partial charge is 0.497 e. The van der Waals surface area contributed by atoms with Crippen molar-refractivity contribution in [2.75, 3.05) is 13.7 Å². The number of rotatable bonds is 6. The molecule has 0 aliphatic carbocycles. The molecule has 2 aromatic carbocycles. The molecule has 2 aromatic rings. The summed E-state index contributed by atoms with van der Waals surface area (Å²) in [5, 5.41) is 2.92.